The van der Waals surface area contributed by atoms with Gasteiger partial charge in [-0.15, -0.1) is 10.2 Å². The second-order valence-electron chi connectivity index (χ2n) is 8.21. The van der Waals surface area contributed by atoms with Gasteiger partial charge in [-0.05, 0) is 35.4 Å². The third-order valence-corrected chi connectivity index (χ3v) is 6.01. The van der Waals surface area contributed by atoms with Crippen LogP contribution in [0.5, 0.6) is 0 Å². The minimum absolute atomic E-state index is 0.138. The number of rotatable bonds is 6. The Morgan fingerprint density at radius 2 is 1.44 bits per heavy atom. The van der Waals surface area contributed by atoms with Gasteiger partial charge < -0.3 is 15.1 Å². The van der Waals surface area contributed by atoms with E-state index >= 15 is 0 Å². The zero-order chi connectivity index (χ0) is 23.2. The molecule has 1 N–H and O–H groups in total. The summed E-state index contributed by atoms with van der Waals surface area (Å²) in [5, 5.41) is 11.9. The molecule has 2 aromatic heterocycles. The highest BCUT2D eigenvalue weighted by Gasteiger charge is 2.30. The Labute approximate surface area is 199 Å². The molecule has 0 radical (unpaired) electrons. The molecular formula is C27H26N6O. The minimum atomic E-state index is -0.299. The molecule has 4 aromatic rings. The molecule has 1 saturated heterocycles. The van der Waals surface area contributed by atoms with E-state index in [2.05, 4.69) is 25.4 Å². The third-order valence-electron chi connectivity index (χ3n) is 6.01. The summed E-state index contributed by atoms with van der Waals surface area (Å²) >= 11 is 0. The Kier molecular flexibility index (Phi) is 6.42. The fourth-order valence-corrected chi connectivity index (χ4v) is 4.25. The van der Waals surface area contributed by atoms with Crippen LogP contribution in [0.1, 0.15) is 17.0 Å². The molecule has 34 heavy (non-hydrogen) atoms. The van der Waals surface area contributed by atoms with Crippen LogP contribution < -0.4 is 10.2 Å². The van der Waals surface area contributed by atoms with E-state index in [4.69, 9.17) is 0 Å². The standard InChI is InChI=1S/C27H26N6O/c34-27(26(21-8-3-1-4-9-21)22-10-5-2-6-11-22)33-18-16-32(17-19-33)25-14-13-24(30-31-25)29-23-12-7-15-28-20-23/h1-15,20,26H,16-19H2,(H,29,30). The Morgan fingerprint density at radius 3 is 2.00 bits per heavy atom. The number of carbonyl (C=O) groups excluding carboxylic acids is 1. The van der Waals surface area contributed by atoms with E-state index in [-0.39, 0.29) is 11.8 Å². The summed E-state index contributed by atoms with van der Waals surface area (Å²) in [7, 11) is 0. The van der Waals surface area contributed by atoms with E-state index in [9.17, 15) is 4.79 Å². The van der Waals surface area contributed by atoms with Crippen molar-refractivity contribution in [2.45, 2.75) is 5.92 Å². The highest BCUT2D eigenvalue weighted by atomic mass is 16.2. The van der Waals surface area contributed by atoms with E-state index < -0.39 is 0 Å². The van der Waals surface area contributed by atoms with Gasteiger partial charge in [0.25, 0.3) is 0 Å². The fraction of sp³-hybridized carbons (Fsp3) is 0.185. The van der Waals surface area contributed by atoms with Crippen molar-refractivity contribution in [3.63, 3.8) is 0 Å². The number of nitrogens with zero attached hydrogens (tertiary/aromatic N) is 5. The van der Waals surface area contributed by atoms with Gasteiger partial charge >= 0.3 is 0 Å². The smallest absolute Gasteiger partial charge is 0.234 e. The van der Waals surface area contributed by atoms with Crippen molar-refractivity contribution in [2.24, 2.45) is 0 Å². The van der Waals surface area contributed by atoms with Gasteiger partial charge in [0.15, 0.2) is 11.6 Å². The van der Waals surface area contributed by atoms with Crippen molar-refractivity contribution in [3.8, 4) is 0 Å². The quantitative estimate of drug-likeness (QED) is 0.477. The normalized spacial score (nSPS) is 13.7. The van der Waals surface area contributed by atoms with Crippen molar-refractivity contribution < 1.29 is 4.79 Å². The molecule has 1 fully saturated rings. The maximum atomic E-state index is 13.6. The second kappa shape index (κ2) is 10.1. The summed E-state index contributed by atoms with van der Waals surface area (Å²) in [6.45, 7) is 2.72. The molecule has 1 amide bonds. The van der Waals surface area contributed by atoms with Gasteiger partial charge in [0.05, 0.1) is 17.8 Å². The summed E-state index contributed by atoms with van der Waals surface area (Å²) in [6, 6.07) is 27.7. The number of hydrogen-bond donors (Lipinski definition) is 1. The van der Waals surface area contributed by atoms with Crippen LogP contribution >= 0.6 is 0 Å². The average Bonchev–Trinajstić information content (AvgIpc) is 2.91. The van der Waals surface area contributed by atoms with Crippen molar-refractivity contribution in [1.29, 1.82) is 0 Å². The highest BCUT2D eigenvalue weighted by Crippen LogP contribution is 2.28. The Bertz CT molecular complexity index is 1150. The van der Waals surface area contributed by atoms with Crippen molar-refractivity contribution >= 4 is 23.2 Å². The number of nitrogens with one attached hydrogen (secondary N) is 1. The molecule has 0 saturated carbocycles. The summed E-state index contributed by atoms with van der Waals surface area (Å²) < 4.78 is 0. The second-order valence-corrected chi connectivity index (χ2v) is 8.21. The third kappa shape index (κ3) is 4.88. The first-order valence-corrected chi connectivity index (χ1v) is 11.4. The van der Waals surface area contributed by atoms with Gasteiger partial charge in [0.2, 0.25) is 5.91 Å². The summed E-state index contributed by atoms with van der Waals surface area (Å²) in [6.07, 6.45) is 3.47. The molecule has 5 rings (SSSR count). The van der Waals surface area contributed by atoms with Crippen LogP contribution in [0.25, 0.3) is 0 Å². The maximum absolute atomic E-state index is 13.6. The monoisotopic (exact) mass is 450 g/mol. The number of piperazine rings is 1. The van der Waals surface area contributed by atoms with Crippen LogP contribution in [0.4, 0.5) is 17.3 Å². The molecule has 0 aliphatic carbocycles. The largest absolute Gasteiger partial charge is 0.352 e. The maximum Gasteiger partial charge on any atom is 0.234 e. The highest BCUT2D eigenvalue weighted by molar-refractivity contribution is 5.87. The van der Waals surface area contributed by atoms with Gasteiger partial charge in [-0.3, -0.25) is 9.78 Å². The predicted molar refractivity (Wildman–Crippen MR) is 133 cm³/mol. The van der Waals surface area contributed by atoms with Gasteiger partial charge in [-0.1, -0.05) is 60.7 Å². The van der Waals surface area contributed by atoms with Crippen molar-refractivity contribution in [1.82, 2.24) is 20.1 Å². The summed E-state index contributed by atoms with van der Waals surface area (Å²) in [5.41, 5.74) is 2.90. The molecule has 3 heterocycles. The first kappa shape index (κ1) is 21.6. The molecule has 7 heteroatoms. The molecule has 1 aliphatic heterocycles. The first-order chi connectivity index (χ1) is 16.8. The number of pyridine rings is 1. The molecule has 0 unspecified atom stereocenters. The molecule has 7 nitrogen and oxygen atoms in total. The van der Waals surface area contributed by atoms with Crippen LogP contribution in [-0.4, -0.2) is 52.2 Å². The van der Waals surface area contributed by atoms with Gasteiger partial charge in [-0.2, -0.15) is 0 Å². The lowest BCUT2D eigenvalue weighted by Crippen LogP contribution is -2.50. The zero-order valence-electron chi connectivity index (χ0n) is 18.8. The number of hydrogen-bond acceptors (Lipinski definition) is 6. The first-order valence-electron chi connectivity index (χ1n) is 11.4. The number of anilines is 3. The van der Waals surface area contributed by atoms with Crippen LogP contribution in [0.2, 0.25) is 0 Å². The SMILES string of the molecule is O=C(C(c1ccccc1)c1ccccc1)N1CCN(c2ccc(Nc3cccnc3)nn2)CC1. The predicted octanol–water partition coefficient (Wildman–Crippen LogP) is 4.10. The number of amides is 1. The van der Waals surface area contributed by atoms with Crippen LogP contribution in [0.3, 0.4) is 0 Å². The lowest BCUT2D eigenvalue weighted by molar-refractivity contribution is -0.132. The fourth-order valence-electron chi connectivity index (χ4n) is 4.25. The molecule has 0 bridgehead atoms. The molecule has 0 spiro atoms. The Balaban J connectivity index is 1.25. The van der Waals surface area contributed by atoms with Crippen LogP contribution in [0, 0.1) is 0 Å². The number of carbonyl (C=O) groups is 1. The van der Waals surface area contributed by atoms with E-state index in [0.717, 1.165) is 22.6 Å². The molecule has 0 atom stereocenters. The topological polar surface area (TPSA) is 74.2 Å². The zero-order valence-corrected chi connectivity index (χ0v) is 18.8. The minimum Gasteiger partial charge on any atom is -0.352 e. The van der Waals surface area contributed by atoms with Gasteiger partial charge in [0, 0.05) is 32.4 Å². The van der Waals surface area contributed by atoms with E-state index in [1.165, 1.54) is 0 Å². The van der Waals surface area contributed by atoms with Crippen LogP contribution in [-0.2, 0) is 4.79 Å². The number of benzene rings is 2. The van der Waals surface area contributed by atoms with Crippen molar-refractivity contribution in [3.05, 3.63) is 108 Å². The van der Waals surface area contributed by atoms with Crippen LogP contribution in [0.15, 0.2) is 97.3 Å². The lowest BCUT2D eigenvalue weighted by Gasteiger charge is -2.37. The van der Waals surface area contributed by atoms with Crippen molar-refractivity contribution in [2.75, 3.05) is 36.4 Å². The van der Waals surface area contributed by atoms with Gasteiger partial charge in [-0.25, -0.2) is 0 Å². The molecular weight excluding hydrogens is 424 g/mol. The summed E-state index contributed by atoms with van der Waals surface area (Å²) in [4.78, 5) is 21.9. The molecule has 2 aromatic carbocycles. The van der Waals surface area contributed by atoms with E-state index in [1.807, 2.05) is 89.8 Å². The van der Waals surface area contributed by atoms with Gasteiger partial charge in [0.1, 0.15) is 0 Å². The molecule has 1 aliphatic rings. The lowest BCUT2D eigenvalue weighted by atomic mass is 9.90. The Morgan fingerprint density at radius 1 is 0.765 bits per heavy atom. The van der Waals surface area contributed by atoms with E-state index in [0.29, 0.717) is 32.0 Å². The Hall–Kier alpha value is -4.26. The van der Waals surface area contributed by atoms with E-state index in [1.54, 1.807) is 12.4 Å². The number of aromatic nitrogens is 3. The summed E-state index contributed by atoms with van der Waals surface area (Å²) in [5.74, 6) is 1.32. The average molecular weight is 451 g/mol. The molecule has 170 valence electrons.